The van der Waals surface area contributed by atoms with E-state index in [2.05, 4.69) is 41.8 Å². The van der Waals surface area contributed by atoms with Gasteiger partial charge in [-0.3, -0.25) is 20.4 Å². The van der Waals surface area contributed by atoms with Crippen LogP contribution in [0.1, 0.15) is 26.9 Å². The zero-order valence-corrected chi connectivity index (χ0v) is 15.2. The number of amides is 2. The van der Waals surface area contributed by atoms with Crippen LogP contribution in [0.25, 0.3) is 5.78 Å². The summed E-state index contributed by atoms with van der Waals surface area (Å²) in [4.78, 5) is 32.8. The Labute approximate surface area is 149 Å². The zero-order chi connectivity index (χ0) is 17.3. The van der Waals surface area contributed by atoms with Gasteiger partial charge in [0.15, 0.2) is 5.82 Å². The summed E-state index contributed by atoms with van der Waals surface area (Å²) in [5.41, 5.74) is 6.43. The van der Waals surface area contributed by atoms with Crippen LogP contribution >= 0.6 is 27.3 Å². The molecule has 0 saturated heterocycles. The first-order valence-electron chi connectivity index (χ1n) is 6.97. The summed E-state index contributed by atoms with van der Waals surface area (Å²) in [6, 6.07) is 5.31. The van der Waals surface area contributed by atoms with E-state index in [1.54, 1.807) is 16.6 Å². The quantitative estimate of drug-likeness (QED) is 0.640. The summed E-state index contributed by atoms with van der Waals surface area (Å²) in [7, 11) is 0. The molecule has 2 amide bonds. The molecule has 0 aromatic carbocycles. The number of thiophene rings is 1. The molecule has 0 aliphatic heterocycles. The SMILES string of the molecule is Cc1cc(C)n2nc(CC(=O)NNC(=O)c3ccc(Br)s3)nc2n1. The fourth-order valence-corrected chi connectivity index (χ4v) is 3.38. The highest BCUT2D eigenvalue weighted by atomic mass is 79.9. The third-order valence-corrected chi connectivity index (χ3v) is 4.72. The van der Waals surface area contributed by atoms with Crippen LogP contribution in [0.4, 0.5) is 0 Å². The number of carbonyl (C=O) groups is 2. The lowest BCUT2D eigenvalue weighted by atomic mass is 10.4. The number of aryl methyl sites for hydroxylation is 2. The molecule has 0 fully saturated rings. The molecule has 3 aromatic rings. The smallest absolute Gasteiger partial charge is 0.273 e. The van der Waals surface area contributed by atoms with Gasteiger partial charge in [-0.25, -0.2) is 9.50 Å². The number of aromatic nitrogens is 4. The van der Waals surface area contributed by atoms with Gasteiger partial charge in [0.1, 0.15) is 0 Å². The van der Waals surface area contributed by atoms with E-state index in [-0.39, 0.29) is 12.3 Å². The van der Waals surface area contributed by atoms with Crippen molar-refractivity contribution in [3.8, 4) is 0 Å². The Kier molecular flexibility index (Phi) is 4.58. The van der Waals surface area contributed by atoms with Crippen molar-refractivity contribution in [3.05, 3.63) is 44.1 Å². The molecule has 2 N–H and O–H groups in total. The highest BCUT2D eigenvalue weighted by Crippen LogP contribution is 2.21. The molecule has 3 heterocycles. The zero-order valence-electron chi connectivity index (χ0n) is 12.8. The second-order valence-electron chi connectivity index (χ2n) is 5.06. The maximum atomic E-state index is 11.9. The van der Waals surface area contributed by atoms with Crippen LogP contribution in [0.2, 0.25) is 0 Å². The third kappa shape index (κ3) is 3.60. The molecule has 10 heteroatoms. The van der Waals surface area contributed by atoms with Gasteiger partial charge < -0.3 is 0 Å². The van der Waals surface area contributed by atoms with Crippen molar-refractivity contribution in [1.29, 1.82) is 0 Å². The van der Waals surface area contributed by atoms with Crippen molar-refractivity contribution < 1.29 is 9.59 Å². The minimum Gasteiger partial charge on any atom is -0.273 e. The standard InChI is InChI=1S/C14H13BrN6O2S/c1-7-5-8(2)21-14(16-7)17-11(20-21)6-12(22)18-19-13(23)9-3-4-10(15)24-9/h3-5H,6H2,1-2H3,(H,18,22)(H,19,23). The molecule has 3 aromatic heterocycles. The number of hydrogen-bond donors (Lipinski definition) is 2. The normalized spacial score (nSPS) is 10.8. The molecular formula is C14H13BrN6O2S. The van der Waals surface area contributed by atoms with Crippen molar-refractivity contribution in [2.45, 2.75) is 20.3 Å². The molecule has 0 unspecified atom stereocenters. The van der Waals surface area contributed by atoms with Gasteiger partial charge in [0, 0.05) is 11.4 Å². The number of nitrogens with one attached hydrogen (secondary N) is 2. The molecule has 24 heavy (non-hydrogen) atoms. The van der Waals surface area contributed by atoms with E-state index < -0.39 is 5.91 Å². The van der Waals surface area contributed by atoms with Crippen LogP contribution in [0, 0.1) is 13.8 Å². The van der Waals surface area contributed by atoms with E-state index >= 15 is 0 Å². The first-order valence-corrected chi connectivity index (χ1v) is 8.58. The monoisotopic (exact) mass is 408 g/mol. The van der Waals surface area contributed by atoms with Gasteiger partial charge in [-0.15, -0.1) is 16.4 Å². The summed E-state index contributed by atoms with van der Waals surface area (Å²) in [5, 5.41) is 4.25. The Hall–Kier alpha value is -2.33. The number of halogens is 1. The van der Waals surface area contributed by atoms with Gasteiger partial charge in [0.05, 0.1) is 15.1 Å². The van der Waals surface area contributed by atoms with E-state index in [4.69, 9.17) is 0 Å². The highest BCUT2D eigenvalue weighted by molar-refractivity contribution is 9.11. The van der Waals surface area contributed by atoms with Crippen molar-refractivity contribution >= 4 is 44.9 Å². The van der Waals surface area contributed by atoms with Crippen LogP contribution in [0.15, 0.2) is 22.0 Å². The minimum absolute atomic E-state index is 0.0593. The van der Waals surface area contributed by atoms with E-state index in [0.717, 1.165) is 15.2 Å². The van der Waals surface area contributed by atoms with Crippen LogP contribution < -0.4 is 10.9 Å². The minimum atomic E-state index is -0.413. The number of hydrogen-bond acceptors (Lipinski definition) is 6. The van der Waals surface area contributed by atoms with E-state index in [9.17, 15) is 9.59 Å². The van der Waals surface area contributed by atoms with Gasteiger partial charge >= 0.3 is 0 Å². The Balaban J connectivity index is 1.62. The molecule has 3 rings (SSSR count). The number of fused-ring (bicyclic) bond motifs is 1. The molecular weight excluding hydrogens is 396 g/mol. The van der Waals surface area contributed by atoms with Crippen molar-refractivity contribution in [3.63, 3.8) is 0 Å². The van der Waals surface area contributed by atoms with Gasteiger partial charge in [-0.1, -0.05) is 0 Å². The summed E-state index contributed by atoms with van der Waals surface area (Å²) in [6.07, 6.45) is -0.0593. The largest absolute Gasteiger partial charge is 0.279 e. The Morgan fingerprint density at radius 3 is 2.75 bits per heavy atom. The van der Waals surface area contributed by atoms with E-state index in [1.807, 2.05) is 19.9 Å². The van der Waals surface area contributed by atoms with Crippen LogP contribution in [-0.4, -0.2) is 31.4 Å². The predicted octanol–water partition coefficient (Wildman–Crippen LogP) is 1.57. The fraction of sp³-hybridized carbons (Fsp3) is 0.214. The Morgan fingerprint density at radius 1 is 1.25 bits per heavy atom. The first-order chi connectivity index (χ1) is 11.4. The lowest BCUT2D eigenvalue weighted by Gasteiger charge is -2.04. The molecule has 0 atom stereocenters. The topological polar surface area (TPSA) is 101 Å². The van der Waals surface area contributed by atoms with E-state index in [1.165, 1.54) is 11.3 Å². The lowest BCUT2D eigenvalue weighted by molar-refractivity contribution is -0.121. The molecule has 0 spiro atoms. The average molecular weight is 409 g/mol. The Bertz CT molecular complexity index is 935. The summed E-state index contributed by atoms with van der Waals surface area (Å²) < 4.78 is 2.42. The number of rotatable bonds is 3. The second kappa shape index (κ2) is 6.65. The first kappa shape index (κ1) is 16.5. The van der Waals surface area contributed by atoms with Crippen LogP contribution in [0.3, 0.4) is 0 Å². The predicted molar refractivity (Wildman–Crippen MR) is 91.6 cm³/mol. The van der Waals surface area contributed by atoms with Gasteiger partial charge in [-0.05, 0) is 48.0 Å². The average Bonchev–Trinajstić information content (AvgIpc) is 3.11. The molecule has 0 aliphatic rings. The summed E-state index contributed by atoms with van der Waals surface area (Å²) in [5.74, 6) is -0.0102. The summed E-state index contributed by atoms with van der Waals surface area (Å²) in [6.45, 7) is 3.76. The number of hydrazine groups is 1. The van der Waals surface area contributed by atoms with Gasteiger partial charge in [-0.2, -0.15) is 4.98 Å². The lowest BCUT2D eigenvalue weighted by Crippen LogP contribution is -2.42. The second-order valence-corrected chi connectivity index (χ2v) is 7.52. The molecule has 0 bridgehead atoms. The molecule has 0 saturated carbocycles. The van der Waals surface area contributed by atoms with Crippen molar-refractivity contribution in [2.24, 2.45) is 0 Å². The maximum absolute atomic E-state index is 11.9. The Morgan fingerprint density at radius 2 is 2.04 bits per heavy atom. The molecule has 0 aliphatic carbocycles. The number of carbonyl (C=O) groups excluding carboxylic acids is 2. The fourth-order valence-electron chi connectivity index (χ4n) is 2.09. The number of nitrogens with zero attached hydrogens (tertiary/aromatic N) is 4. The third-order valence-electron chi connectivity index (χ3n) is 3.09. The van der Waals surface area contributed by atoms with Crippen LogP contribution in [0.5, 0.6) is 0 Å². The highest BCUT2D eigenvalue weighted by Gasteiger charge is 2.13. The van der Waals surface area contributed by atoms with Gasteiger partial charge in [0.25, 0.3) is 11.7 Å². The molecule has 124 valence electrons. The maximum Gasteiger partial charge on any atom is 0.279 e. The van der Waals surface area contributed by atoms with Crippen molar-refractivity contribution in [1.82, 2.24) is 30.4 Å². The van der Waals surface area contributed by atoms with Crippen molar-refractivity contribution in [2.75, 3.05) is 0 Å². The molecule has 0 radical (unpaired) electrons. The van der Waals surface area contributed by atoms with Gasteiger partial charge in [0.2, 0.25) is 5.91 Å². The van der Waals surface area contributed by atoms with Crippen LogP contribution in [-0.2, 0) is 11.2 Å². The summed E-state index contributed by atoms with van der Waals surface area (Å²) >= 11 is 4.55. The molecule has 8 nitrogen and oxygen atoms in total. The van der Waals surface area contributed by atoms with E-state index in [0.29, 0.717) is 16.5 Å².